The quantitative estimate of drug-likeness (QED) is 0.256. The maximum atomic E-state index is 13.5. The summed E-state index contributed by atoms with van der Waals surface area (Å²) in [6.07, 6.45) is -4.87. The summed E-state index contributed by atoms with van der Waals surface area (Å²) < 4.78 is 52.3. The molecule has 0 saturated heterocycles. The van der Waals surface area contributed by atoms with Gasteiger partial charge in [-0.05, 0) is 56.1 Å². The number of halogens is 4. The van der Waals surface area contributed by atoms with Gasteiger partial charge in [0.1, 0.15) is 5.82 Å². The predicted octanol–water partition coefficient (Wildman–Crippen LogP) is 6.67. The van der Waals surface area contributed by atoms with Crippen molar-refractivity contribution >= 4 is 38.2 Å². The number of carbonyl (C=O) groups is 1. The van der Waals surface area contributed by atoms with E-state index in [1.165, 1.54) is 0 Å². The lowest BCUT2D eigenvalue weighted by molar-refractivity contribution is -0.140. The SMILES string of the molecule is O=C(NCc1ccc2ccc3cccc4ccc1c2c34)c1ccc(F)c(C(F)(F)F)c1. The maximum absolute atomic E-state index is 13.5. The second-order valence-corrected chi connectivity index (χ2v) is 7.46. The fourth-order valence-corrected chi connectivity index (χ4v) is 4.11. The van der Waals surface area contributed by atoms with Gasteiger partial charge in [0.2, 0.25) is 0 Å². The lowest BCUT2D eigenvalue weighted by Gasteiger charge is -2.15. The zero-order chi connectivity index (χ0) is 21.8. The Morgan fingerprint density at radius 3 is 2.16 bits per heavy atom. The van der Waals surface area contributed by atoms with Gasteiger partial charge in [-0.25, -0.2) is 4.39 Å². The Hall–Kier alpha value is -3.67. The van der Waals surface area contributed by atoms with Crippen molar-refractivity contribution in [1.82, 2.24) is 5.32 Å². The minimum Gasteiger partial charge on any atom is -0.348 e. The molecule has 0 aliphatic carbocycles. The molecule has 1 amide bonds. The average molecular weight is 421 g/mol. The smallest absolute Gasteiger partial charge is 0.348 e. The van der Waals surface area contributed by atoms with Gasteiger partial charge in [0.05, 0.1) is 5.56 Å². The molecule has 0 aliphatic rings. The second kappa shape index (κ2) is 6.94. The first-order chi connectivity index (χ1) is 14.8. The van der Waals surface area contributed by atoms with E-state index in [1.807, 2.05) is 48.5 Å². The van der Waals surface area contributed by atoms with Gasteiger partial charge >= 0.3 is 6.18 Å². The number of hydrogen-bond acceptors (Lipinski definition) is 1. The Morgan fingerprint density at radius 2 is 1.45 bits per heavy atom. The summed E-state index contributed by atoms with van der Waals surface area (Å²) in [5.41, 5.74) is -0.855. The number of alkyl halides is 3. The van der Waals surface area contributed by atoms with Crippen LogP contribution in [0.4, 0.5) is 17.6 Å². The van der Waals surface area contributed by atoms with E-state index in [1.54, 1.807) is 0 Å². The number of rotatable bonds is 3. The number of nitrogens with one attached hydrogen (secondary N) is 1. The van der Waals surface area contributed by atoms with Crippen molar-refractivity contribution in [3.63, 3.8) is 0 Å². The molecule has 0 spiro atoms. The average Bonchev–Trinajstić information content (AvgIpc) is 2.75. The highest BCUT2D eigenvalue weighted by atomic mass is 19.4. The molecular formula is C25H15F4NO. The molecule has 2 nitrogen and oxygen atoms in total. The van der Waals surface area contributed by atoms with Crippen LogP contribution in [0.25, 0.3) is 32.3 Å². The first-order valence-corrected chi connectivity index (χ1v) is 9.63. The fourth-order valence-electron chi connectivity index (χ4n) is 4.11. The molecule has 0 aromatic heterocycles. The Labute approximate surface area is 174 Å². The molecule has 1 N–H and O–H groups in total. The normalized spacial score (nSPS) is 12.1. The van der Waals surface area contributed by atoms with Gasteiger partial charge in [-0.1, -0.05) is 54.6 Å². The van der Waals surface area contributed by atoms with Crippen LogP contribution in [0.1, 0.15) is 21.5 Å². The highest BCUT2D eigenvalue weighted by Crippen LogP contribution is 2.36. The van der Waals surface area contributed by atoms with E-state index >= 15 is 0 Å². The summed E-state index contributed by atoms with van der Waals surface area (Å²) in [7, 11) is 0. The minimum atomic E-state index is -4.87. The van der Waals surface area contributed by atoms with Gasteiger partial charge in [-0.3, -0.25) is 4.79 Å². The number of hydrogen-bond donors (Lipinski definition) is 1. The van der Waals surface area contributed by atoms with Crippen molar-refractivity contribution in [1.29, 1.82) is 0 Å². The Bertz CT molecular complexity index is 1440. The molecule has 0 atom stereocenters. The highest BCUT2D eigenvalue weighted by molar-refractivity contribution is 6.23. The summed E-state index contributed by atoms with van der Waals surface area (Å²) in [6.45, 7) is 0.131. The van der Waals surface area contributed by atoms with Crippen molar-refractivity contribution in [2.24, 2.45) is 0 Å². The van der Waals surface area contributed by atoms with Crippen LogP contribution < -0.4 is 5.32 Å². The summed E-state index contributed by atoms with van der Waals surface area (Å²) >= 11 is 0. The molecular weight excluding hydrogens is 406 g/mol. The van der Waals surface area contributed by atoms with Crippen LogP contribution in [-0.4, -0.2) is 5.91 Å². The van der Waals surface area contributed by atoms with E-state index in [0.29, 0.717) is 12.1 Å². The van der Waals surface area contributed by atoms with Crippen LogP contribution in [0.3, 0.4) is 0 Å². The van der Waals surface area contributed by atoms with Crippen molar-refractivity contribution < 1.29 is 22.4 Å². The molecule has 154 valence electrons. The van der Waals surface area contributed by atoms with E-state index in [4.69, 9.17) is 0 Å². The van der Waals surface area contributed by atoms with Gasteiger partial charge < -0.3 is 5.32 Å². The second-order valence-electron chi connectivity index (χ2n) is 7.46. The summed E-state index contributed by atoms with van der Waals surface area (Å²) in [5, 5.41) is 9.15. The van der Waals surface area contributed by atoms with Gasteiger partial charge in [-0.2, -0.15) is 13.2 Å². The van der Waals surface area contributed by atoms with E-state index in [2.05, 4.69) is 11.4 Å². The van der Waals surface area contributed by atoms with E-state index < -0.39 is 23.5 Å². The molecule has 0 aliphatic heterocycles. The third kappa shape index (κ3) is 3.24. The van der Waals surface area contributed by atoms with Crippen LogP contribution in [0.15, 0.2) is 72.8 Å². The zero-order valence-corrected chi connectivity index (χ0v) is 16.1. The van der Waals surface area contributed by atoms with Crippen LogP contribution in [-0.2, 0) is 12.7 Å². The van der Waals surface area contributed by atoms with Crippen LogP contribution in [0, 0.1) is 5.82 Å². The van der Waals surface area contributed by atoms with Crippen molar-refractivity contribution in [2.75, 3.05) is 0 Å². The fraction of sp³-hybridized carbons (Fsp3) is 0.0800. The lowest BCUT2D eigenvalue weighted by atomic mass is 9.92. The minimum absolute atomic E-state index is 0.131. The summed E-state index contributed by atoms with van der Waals surface area (Å²) in [4.78, 5) is 12.5. The molecule has 0 heterocycles. The van der Waals surface area contributed by atoms with E-state index in [9.17, 15) is 22.4 Å². The number of benzene rings is 5. The molecule has 0 unspecified atom stereocenters. The van der Waals surface area contributed by atoms with Crippen molar-refractivity contribution in [3.8, 4) is 0 Å². The van der Waals surface area contributed by atoms with Crippen LogP contribution >= 0.6 is 0 Å². The molecule has 6 heteroatoms. The molecule has 5 aromatic carbocycles. The van der Waals surface area contributed by atoms with Gasteiger partial charge in [0.25, 0.3) is 5.91 Å². The van der Waals surface area contributed by atoms with E-state index in [-0.39, 0.29) is 12.1 Å². The molecule has 5 aromatic rings. The van der Waals surface area contributed by atoms with Gasteiger partial charge in [-0.15, -0.1) is 0 Å². The summed E-state index contributed by atoms with van der Waals surface area (Å²) in [5.74, 6) is -2.10. The molecule has 0 bridgehead atoms. The Kier molecular flexibility index (Phi) is 4.32. The number of carbonyl (C=O) groups excluding carboxylic acids is 1. The Morgan fingerprint density at radius 1 is 0.806 bits per heavy atom. The molecule has 5 rings (SSSR count). The topological polar surface area (TPSA) is 29.1 Å². The predicted molar refractivity (Wildman–Crippen MR) is 113 cm³/mol. The van der Waals surface area contributed by atoms with Crippen molar-refractivity contribution in [3.05, 3.63) is 95.3 Å². The van der Waals surface area contributed by atoms with Gasteiger partial charge in [0, 0.05) is 12.1 Å². The molecule has 0 radical (unpaired) electrons. The standard InChI is InChI=1S/C25H15F4NO/c26-21-11-9-17(12-20(21)25(27,28)29)24(31)30-13-18-7-6-16-5-4-14-2-1-3-15-8-10-19(18)23(16)22(14)15/h1-12H,13H2,(H,30,31). The third-order valence-electron chi connectivity index (χ3n) is 5.59. The molecule has 0 saturated carbocycles. The summed E-state index contributed by atoms with van der Waals surface area (Å²) in [6, 6.07) is 20.3. The zero-order valence-electron chi connectivity index (χ0n) is 16.1. The lowest BCUT2D eigenvalue weighted by Crippen LogP contribution is -2.23. The monoisotopic (exact) mass is 421 g/mol. The molecule has 31 heavy (non-hydrogen) atoms. The van der Waals surface area contributed by atoms with Crippen molar-refractivity contribution in [2.45, 2.75) is 12.7 Å². The maximum Gasteiger partial charge on any atom is 0.419 e. The van der Waals surface area contributed by atoms with Gasteiger partial charge in [0.15, 0.2) is 0 Å². The number of amides is 1. The van der Waals surface area contributed by atoms with E-state index in [0.717, 1.165) is 43.9 Å². The Balaban J connectivity index is 1.50. The van der Waals surface area contributed by atoms with Crippen LogP contribution in [0.5, 0.6) is 0 Å². The first-order valence-electron chi connectivity index (χ1n) is 9.63. The third-order valence-corrected chi connectivity index (χ3v) is 5.59. The highest BCUT2D eigenvalue weighted by Gasteiger charge is 2.34. The molecule has 0 fully saturated rings. The van der Waals surface area contributed by atoms with Crippen LogP contribution in [0.2, 0.25) is 0 Å². The largest absolute Gasteiger partial charge is 0.419 e. The first kappa shape index (κ1) is 19.3.